The second-order valence-electron chi connectivity index (χ2n) is 15.3. The van der Waals surface area contributed by atoms with Crippen molar-refractivity contribution >= 4 is 40.3 Å². The molecule has 9 rings (SSSR count). The fourth-order valence-electron chi connectivity index (χ4n) is 8.67. The molecule has 4 aliphatic rings. The fourth-order valence-corrected chi connectivity index (χ4v) is 9.06. The van der Waals surface area contributed by atoms with E-state index >= 15 is 0 Å². The lowest BCUT2D eigenvalue weighted by molar-refractivity contribution is -0.130. The quantitative estimate of drug-likeness (QED) is 0.194. The van der Waals surface area contributed by atoms with Gasteiger partial charge in [0.25, 0.3) is 0 Å². The highest BCUT2D eigenvalue weighted by Gasteiger charge is 2.27. The summed E-state index contributed by atoms with van der Waals surface area (Å²) < 4.78 is 0. The summed E-state index contributed by atoms with van der Waals surface area (Å²) in [4.78, 5) is 28.6. The van der Waals surface area contributed by atoms with Gasteiger partial charge in [-0.05, 0) is 165 Å². The zero-order valence-electron chi connectivity index (χ0n) is 31.7. The Morgan fingerprint density at radius 3 is 1.65 bits per heavy atom. The van der Waals surface area contributed by atoms with Gasteiger partial charge in [0.15, 0.2) is 0 Å². The number of piperidine rings is 2. The molecule has 0 spiro atoms. The van der Waals surface area contributed by atoms with Gasteiger partial charge in [-0.2, -0.15) is 0 Å². The molecule has 8 heteroatoms. The maximum atomic E-state index is 12.8. The van der Waals surface area contributed by atoms with E-state index < -0.39 is 0 Å². The Morgan fingerprint density at radius 1 is 0.636 bits per heavy atom. The number of benzene rings is 2. The molecule has 0 unspecified atom stereocenters. The maximum Gasteiger partial charge on any atom is 0.227 e. The number of amides is 1. The molecule has 2 saturated heterocycles. The second kappa shape index (κ2) is 16.6. The van der Waals surface area contributed by atoms with Crippen molar-refractivity contribution in [2.75, 3.05) is 26.2 Å². The number of pyridine rings is 3. The van der Waals surface area contributed by atoms with Crippen LogP contribution in [-0.2, 0) is 36.9 Å². The summed E-state index contributed by atoms with van der Waals surface area (Å²) in [6.45, 7) is 7.83. The summed E-state index contributed by atoms with van der Waals surface area (Å²) in [5, 5.41) is 5.06. The number of aromatic nitrogens is 3. The van der Waals surface area contributed by atoms with Crippen LogP contribution in [0, 0.1) is 13.8 Å². The first-order valence-electron chi connectivity index (χ1n) is 19.6. The molecule has 0 saturated carbocycles. The molecule has 0 atom stereocenters. The predicted molar refractivity (Wildman–Crippen MR) is 224 cm³/mol. The van der Waals surface area contributed by atoms with E-state index in [1.165, 1.54) is 72.5 Å². The molecule has 2 aliphatic heterocycles. The zero-order valence-corrected chi connectivity index (χ0v) is 33.2. The average Bonchev–Trinajstić information content (AvgIpc) is 3.46. The van der Waals surface area contributed by atoms with Crippen molar-refractivity contribution in [3.63, 3.8) is 0 Å². The molecular formula is C47H47Cl2N5O. The average molecular weight is 769 g/mol. The third kappa shape index (κ3) is 8.33. The first-order valence-corrected chi connectivity index (χ1v) is 20.4. The van der Waals surface area contributed by atoms with Crippen LogP contribution in [0.2, 0.25) is 10.0 Å². The van der Waals surface area contributed by atoms with Crippen molar-refractivity contribution in [2.24, 2.45) is 0 Å². The van der Waals surface area contributed by atoms with Gasteiger partial charge in [0, 0.05) is 59.1 Å². The van der Waals surface area contributed by atoms with Gasteiger partial charge in [0.1, 0.15) is 0 Å². The molecular weight excluding hydrogens is 721 g/mol. The minimum absolute atomic E-state index is 0.183. The van der Waals surface area contributed by atoms with E-state index in [1.807, 2.05) is 41.6 Å². The minimum atomic E-state index is 0.183. The molecule has 3 aromatic heterocycles. The SMILES string of the molecule is Cc1cnc2c(c1)CCc1cc(Cl)ccc1C2=C1CCN(C(=O)Cc2ccncc2)CC1.Cc1cnc2c(c1)CCc1cc(Cl)ccc1C2=C1CCNCC1. The molecule has 1 amide bonds. The number of carbonyl (C=O) groups is 1. The van der Waals surface area contributed by atoms with E-state index in [0.29, 0.717) is 6.42 Å². The molecule has 2 aromatic carbocycles. The standard InChI is InChI=1S/C27H26ClN3O.C20H21ClN2/c1-18-14-22-3-2-21-16-23(28)4-5-24(21)26(27(22)30-17-18)20-8-12-31(13-9-20)25(32)15-19-6-10-29-11-7-19;1-13-10-16-3-2-15-11-17(21)4-5-18(15)19(20(16)23-12-13)14-6-8-22-9-7-14/h4-7,10-11,14,16-17H,2-3,8-9,12-13,15H2,1H3;4-5,10-12,22H,2-3,6-9H2,1H3. The number of nitrogens with zero attached hydrogens (tertiary/aromatic N) is 4. The van der Waals surface area contributed by atoms with E-state index in [-0.39, 0.29) is 5.91 Å². The topological polar surface area (TPSA) is 71.0 Å². The van der Waals surface area contributed by atoms with E-state index in [4.69, 9.17) is 33.2 Å². The number of aryl methyl sites for hydroxylation is 6. The lowest BCUT2D eigenvalue weighted by Crippen LogP contribution is -2.37. The molecule has 0 bridgehead atoms. The number of fused-ring (bicyclic) bond motifs is 4. The zero-order chi connectivity index (χ0) is 37.9. The van der Waals surface area contributed by atoms with Crippen LogP contribution >= 0.6 is 23.2 Å². The molecule has 1 N–H and O–H groups in total. The minimum Gasteiger partial charge on any atom is -0.342 e. The number of halogens is 2. The predicted octanol–water partition coefficient (Wildman–Crippen LogP) is 9.53. The first kappa shape index (κ1) is 37.3. The highest BCUT2D eigenvalue weighted by atomic mass is 35.5. The van der Waals surface area contributed by atoms with Crippen LogP contribution in [0.5, 0.6) is 0 Å². The first-order chi connectivity index (χ1) is 26.8. The number of nitrogens with one attached hydrogen (secondary N) is 1. The van der Waals surface area contributed by atoms with E-state index in [0.717, 1.165) is 98.8 Å². The summed E-state index contributed by atoms with van der Waals surface area (Å²) >= 11 is 12.6. The number of hydrogen-bond acceptors (Lipinski definition) is 5. The molecule has 5 heterocycles. The largest absolute Gasteiger partial charge is 0.342 e. The number of likely N-dealkylation sites (tertiary alicyclic amines) is 1. The van der Waals surface area contributed by atoms with Gasteiger partial charge in [-0.1, -0.05) is 58.6 Å². The van der Waals surface area contributed by atoms with Crippen LogP contribution in [0.4, 0.5) is 0 Å². The van der Waals surface area contributed by atoms with Gasteiger partial charge in [0.2, 0.25) is 5.91 Å². The van der Waals surface area contributed by atoms with Gasteiger partial charge in [-0.15, -0.1) is 0 Å². The van der Waals surface area contributed by atoms with Crippen molar-refractivity contribution in [3.05, 3.63) is 168 Å². The Morgan fingerprint density at radius 2 is 1.13 bits per heavy atom. The van der Waals surface area contributed by atoms with Gasteiger partial charge in [0.05, 0.1) is 17.8 Å². The van der Waals surface area contributed by atoms with Gasteiger partial charge in [-0.3, -0.25) is 19.7 Å². The summed E-state index contributed by atoms with van der Waals surface area (Å²) in [5.74, 6) is 0.183. The van der Waals surface area contributed by atoms with Gasteiger partial charge < -0.3 is 10.2 Å². The third-order valence-electron chi connectivity index (χ3n) is 11.4. The maximum absolute atomic E-state index is 12.8. The number of carbonyl (C=O) groups excluding carboxylic acids is 1. The Kier molecular flexibility index (Phi) is 11.3. The van der Waals surface area contributed by atoms with Gasteiger partial charge in [-0.25, -0.2) is 0 Å². The molecule has 2 fully saturated rings. The number of rotatable bonds is 2. The van der Waals surface area contributed by atoms with Crippen LogP contribution in [0.25, 0.3) is 11.1 Å². The van der Waals surface area contributed by atoms with E-state index in [2.05, 4.69) is 60.5 Å². The van der Waals surface area contributed by atoms with Crippen molar-refractivity contribution in [1.29, 1.82) is 0 Å². The van der Waals surface area contributed by atoms with Crippen molar-refractivity contribution in [3.8, 4) is 0 Å². The van der Waals surface area contributed by atoms with Gasteiger partial charge >= 0.3 is 0 Å². The fraction of sp³-hybridized carbons (Fsp3) is 0.319. The smallest absolute Gasteiger partial charge is 0.227 e. The molecule has 5 aromatic rings. The Hall–Kier alpha value is -4.62. The molecule has 280 valence electrons. The second-order valence-corrected chi connectivity index (χ2v) is 16.1. The molecule has 6 nitrogen and oxygen atoms in total. The summed E-state index contributed by atoms with van der Waals surface area (Å²) in [6.07, 6.45) is 15.8. The summed E-state index contributed by atoms with van der Waals surface area (Å²) in [6, 6.07) is 21.0. The van der Waals surface area contributed by atoms with Crippen LogP contribution < -0.4 is 5.32 Å². The Labute approximate surface area is 334 Å². The van der Waals surface area contributed by atoms with Crippen LogP contribution in [0.15, 0.2) is 96.6 Å². The van der Waals surface area contributed by atoms with Crippen LogP contribution in [-0.4, -0.2) is 51.9 Å². The Bertz CT molecular complexity index is 2190. The highest BCUT2D eigenvalue weighted by Crippen LogP contribution is 2.40. The molecule has 0 radical (unpaired) electrons. The van der Waals surface area contributed by atoms with Crippen LogP contribution in [0.3, 0.4) is 0 Å². The lowest BCUT2D eigenvalue weighted by atomic mass is 9.88. The normalized spacial score (nSPS) is 16.5. The third-order valence-corrected chi connectivity index (χ3v) is 11.9. The molecule has 55 heavy (non-hydrogen) atoms. The highest BCUT2D eigenvalue weighted by molar-refractivity contribution is 6.31. The number of hydrogen-bond donors (Lipinski definition) is 1. The van der Waals surface area contributed by atoms with Crippen molar-refractivity contribution in [1.82, 2.24) is 25.2 Å². The lowest BCUT2D eigenvalue weighted by Gasteiger charge is -2.30. The van der Waals surface area contributed by atoms with Crippen molar-refractivity contribution < 1.29 is 4.79 Å². The van der Waals surface area contributed by atoms with Crippen molar-refractivity contribution in [2.45, 2.75) is 71.6 Å². The molecule has 2 aliphatic carbocycles. The summed E-state index contributed by atoms with van der Waals surface area (Å²) in [7, 11) is 0. The van der Waals surface area contributed by atoms with E-state index in [9.17, 15) is 4.79 Å². The Balaban J connectivity index is 0.000000164. The summed E-state index contributed by atoms with van der Waals surface area (Å²) in [5.41, 5.74) is 19.2. The van der Waals surface area contributed by atoms with Crippen LogP contribution in [0.1, 0.15) is 87.1 Å². The van der Waals surface area contributed by atoms with E-state index in [1.54, 1.807) is 12.4 Å². The monoisotopic (exact) mass is 767 g/mol.